The van der Waals surface area contributed by atoms with Gasteiger partial charge in [-0.3, -0.25) is 9.36 Å². The van der Waals surface area contributed by atoms with Crippen LogP contribution in [0.1, 0.15) is 12.5 Å². The average Bonchev–Trinajstić information content (AvgIpc) is 3.05. The highest BCUT2D eigenvalue weighted by Crippen LogP contribution is 2.38. The molecule has 0 fully saturated rings. The van der Waals surface area contributed by atoms with Gasteiger partial charge in [-0.25, -0.2) is 9.97 Å². The lowest BCUT2D eigenvalue weighted by atomic mass is 10.2. The number of halogens is 1. The minimum absolute atomic E-state index is 0.00795. The van der Waals surface area contributed by atoms with Crippen molar-refractivity contribution in [1.82, 2.24) is 14.5 Å². The van der Waals surface area contributed by atoms with Crippen molar-refractivity contribution in [2.45, 2.75) is 19.9 Å². The number of benzene rings is 1. The van der Waals surface area contributed by atoms with E-state index in [4.69, 9.17) is 0 Å². The standard InChI is InChI=1S/C19H17BrN4O2S/c1-10-3-5-12(6-4-10)24-9-22-16-14-15(23-11(2)8-25)13(20)7-21-18(14)27-17(16)19(24)26/h3-7,9,11,25H,8H2,1-2H3,(H,21,23)/t11-/m0/s1. The highest BCUT2D eigenvalue weighted by molar-refractivity contribution is 9.10. The van der Waals surface area contributed by atoms with Crippen LogP contribution in [0.3, 0.4) is 0 Å². The Bertz CT molecular complexity index is 1200. The Hall–Kier alpha value is -2.29. The fourth-order valence-electron chi connectivity index (χ4n) is 2.89. The number of anilines is 1. The number of aromatic nitrogens is 3. The zero-order valence-electron chi connectivity index (χ0n) is 14.7. The first-order chi connectivity index (χ1) is 13.0. The molecule has 0 saturated heterocycles. The van der Waals surface area contributed by atoms with Crippen LogP contribution >= 0.6 is 27.3 Å². The fraction of sp³-hybridized carbons (Fsp3) is 0.211. The number of rotatable bonds is 4. The van der Waals surface area contributed by atoms with Crippen LogP contribution < -0.4 is 10.9 Å². The molecular formula is C19H17BrN4O2S. The van der Waals surface area contributed by atoms with Gasteiger partial charge in [0.2, 0.25) is 0 Å². The normalized spacial score (nSPS) is 12.6. The number of aliphatic hydroxyl groups excluding tert-OH is 1. The van der Waals surface area contributed by atoms with Gasteiger partial charge >= 0.3 is 0 Å². The molecule has 8 heteroatoms. The van der Waals surface area contributed by atoms with Crippen LogP contribution in [0.4, 0.5) is 5.69 Å². The molecule has 6 nitrogen and oxygen atoms in total. The van der Waals surface area contributed by atoms with Crippen molar-refractivity contribution in [2.24, 2.45) is 0 Å². The summed E-state index contributed by atoms with van der Waals surface area (Å²) in [6, 6.07) is 7.60. The second-order valence-electron chi connectivity index (χ2n) is 6.42. The molecular weight excluding hydrogens is 428 g/mol. The van der Waals surface area contributed by atoms with Crippen LogP contribution in [0.2, 0.25) is 0 Å². The average molecular weight is 445 g/mol. The number of hydrogen-bond acceptors (Lipinski definition) is 6. The summed E-state index contributed by atoms with van der Waals surface area (Å²) >= 11 is 4.84. The third-order valence-electron chi connectivity index (χ3n) is 4.34. The molecule has 0 bridgehead atoms. The lowest BCUT2D eigenvalue weighted by molar-refractivity contribution is 0.281. The van der Waals surface area contributed by atoms with E-state index in [1.807, 2.05) is 38.1 Å². The van der Waals surface area contributed by atoms with Crippen LogP contribution in [0.15, 0.2) is 46.1 Å². The molecule has 1 aromatic carbocycles. The van der Waals surface area contributed by atoms with Crippen molar-refractivity contribution in [3.05, 3.63) is 57.2 Å². The molecule has 1 atom stereocenters. The van der Waals surface area contributed by atoms with Gasteiger partial charge in [0.05, 0.1) is 27.8 Å². The number of aliphatic hydroxyl groups is 1. The molecule has 0 radical (unpaired) electrons. The van der Waals surface area contributed by atoms with Gasteiger partial charge in [-0.1, -0.05) is 17.7 Å². The Morgan fingerprint density at radius 2 is 2.04 bits per heavy atom. The molecule has 2 N–H and O–H groups in total. The molecule has 3 heterocycles. The van der Waals surface area contributed by atoms with Crippen LogP contribution in [0.5, 0.6) is 0 Å². The summed E-state index contributed by atoms with van der Waals surface area (Å²) < 4.78 is 2.87. The van der Waals surface area contributed by atoms with E-state index in [0.29, 0.717) is 10.2 Å². The lowest BCUT2D eigenvalue weighted by Gasteiger charge is -2.14. The van der Waals surface area contributed by atoms with Gasteiger partial charge in [0.1, 0.15) is 21.4 Å². The maximum atomic E-state index is 13.1. The summed E-state index contributed by atoms with van der Waals surface area (Å²) in [5.74, 6) is 0. The number of thiophene rings is 1. The molecule has 0 amide bonds. The molecule has 4 aromatic rings. The van der Waals surface area contributed by atoms with Crippen LogP contribution in [0.25, 0.3) is 26.1 Å². The summed E-state index contributed by atoms with van der Waals surface area (Å²) in [6.07, 6.45) is 3.25. The third kappa shape index (κ3) is 3.13. The summed E-state index contributed by atoms with van der Waals surface area (Å²) in [7, 11) is 0. The monoisotopic (exact) mass is 444 g/mol. The van der Waals surface area contributed by atoms with Gasteiger partial charge in [-0.15, -0.1) is 11.3 Å². The van der Waals surface area contributed by atoms with E-state index in [9.17, 15) is 9.90 Å². The molecule has 0 aliphatic heterocycles. The minimum atomic E-state index is -0.144. The number of fused-ring (bicyclic) bond motifs is 3. The van der Waals surface area contributed by atoms with E-state index in [0.717, 1.165) is 31.6 Å². The van der Waals surface area contributed by atoms with Gasteiger partial charge in [-0.2, -0.15) is 0 Å². The molecule has 3 aromatic heterocycles. The molecule has 4 rings (SSSR count). The van der Waals surface area contributed by atoms with E-state index in [2.05, 4.69) is 31.2 Å². The Kier molecular flexibility index (Phi) is 4.71. The van der Waals surface area contributed by atoms with E-state index >= 15 is 0 Å². The second-order valence-corrected chi connectivity index (χ2v) is 8.28. The van der Waals surface area contributed by atoms with Crippen molar-refractivity contribution in [2.75, 3.05) is 11.9 Å². The summed E-state index contributed by atoms with van der Waals surface area (Å²) in [6.45, 7) is 3.88. The molecule has 0 spiro atoms. The van der Waals surface area contributed by atoms with E-state index < -0.39 is 0 Å². The lowest BCUT2D eigenvalue weighted by Crippen LogP contribution is -2.20. The van der Waals surface area contributed by atoms with E-state index in [-0.39, 0.29) is 18.2 Å². The number of hydrogen-bond donors (Lipinski definition) is 2. The SMILES string of the molecule is Cc1ccc(-n2cnc3c(sc4ncc(Br)c(N[C@@H](C)CO)c43)c2=O)cc1. The quantitative estimate of drug-likeness (QED) is 0.499. The number of nitrogens with zero attached hydrogens (tertiary/aromatic N) is 3. The van der Waals surface area contributed by atoms with Gasteiger partial charge in [0, 0.05) is 12.2 Å². The molecule has 138 valence electrons. The van der Waals surface area contributed by atoms with Crippen LogP contribution in [0, 0.1) is 6.92 Å². The number of aryl methyl sites for hydroxylation is 1. The topological polar surface area (TPSA) is 80.0 Å². The molecule has 0 unspecified atom stereocenters. The second kappa shape index (κ2) is 7.03. The largest absolute Gasteiger partial charge is 0.394 e. The smallest absolute Gasteiger partial charge is 0.275 e. The zero-order valence-corrected chi connectivity index (χ0v) is 17.1. The first-order valence-electron chi connectivity index (χ1n) is 8.42. The van der Waals surface area contributed by atoms with Crippen LogP contribution in [-0.2, 0) is 0 Å². The first kappa shape index (κ1) is 18.1. The van der Waals surface area contributed by atoms with Crippen molar-refractivity contribution < 1.29 is 5.11 Å². The predicted octanol–water partition coefficient (Wildman–Crippen LogP) is 3.86. The van der Waals surface area contributed by atoms with Gasteiger partial charge in [0.25, 0.3) is 5.56 Å². The number of nitrogens with one attached hydrogen (secondary N) is 1. The van der Waals surface area contributed by atoms with Crippen molar-refractivity contribution >= 4 is 53.4 Å². The van der Waals surface area contributed by atoms with Crippen molar-refractivity contribution in [3.63, 3.8) is 0 Å². The molecule has 0 aliphatic rings. The summed E-state index contributed by atoms with van der Waals surface area (Å²) in [5.41, 5.74) is 3.19. The maximum absolute atomic E-state index is 13.1. The van der Waals surface area contributed by atoms with Gasteiger partial charge in [0.15, 0.2) is 0 Å². The van der Waals surface area contributed by atoms with Crippen molar-refractivity contribution in [1.29, 1.82) is 0 Å². The third-order valence-corrected chi connectivity index (χ3v) is 6.02. The zero-order chi connectivity index (χ0) is 19.1. The van der Waals surface area contributed by atoms with E-state index in [1.165, 1.54) is 11.3 Å². The highest BCUT2D eigenvalue weighted by atomic mass is 79.9. The maximum Gasteiger partial charge on any atom is 0.275 e. The van der Waals surface area contributed by atoms with Gasteiger partial charge in [-0.05, 0) is 41.9 Å². The minimum Gasteiger partial charge on any atom is -0.394 e. The Balaban J connectivity index is 1.97. The number of pyridine rings is 1. The Morgan fingerprint density at radius 1 is 1.30 bits per heavy atom. The Morgan fingerprint density at radius 3 is 2.74 bits per heavy atom. The fourth-order valence-corrected chi connectivity index (χ4v) is 4.35. The first-order valence-corrected chi connectivity index (χ1v) is 10.0. The molecule has 0 aliphatic carbocycles. The Labute approximate surface area is 167 Å². The van der Waals surface area contributed by atoms with Crippen LogP contribution in [-0.4, -0.2) is 32.3 Å². The highest BCUT2D eigenvalue weighted by Gasteiger charge is 2.19. The molecule has 27 heavy (non-hydrogen) atoms. The van der Waals surface area contributed by atoms with Crippen molar-refractivity contribution in [3.8, 4) is 5.69 Å². The summed E-state index contributed by atoms with van der Waals surface area (Å²) in [4.78, 5) is 22.8. The predicted molar refractivity (Wildman–Crippen MR) is 113 cm³/mol. The molecule has 0 saturated carbocycles. The van der Waals surface area contributed by atoms with E-state index in [1.54, 1.807) is 17.1 Å². The van der Waals surface area contributed by atoms with Gasteiger partial charge < -0.3 is 10.4 Å². The summed E-state index contributed by atoms with van der Waals surface area (Å²) in [5, 5.41) is 13.5.